The molecule has 0 radical (unpaired) electrons. The summed E-state index contributed by atoms with van der Waals surface area (Å²) in [5, 5.41) is 11.9. The number of nitrogens with zero attached hydrogens (tertiary/aromatic N) is 1. The molecule has 0 bridgehead atoms. The highest BCUT2D eigenvalue weighted by Gasteiger charge is 2.31. The first-order valence-electron chi connectivity index (χ1n) is 6.69. The molecule has 1 aliphatic heterocycles. The number of carbonyl (C=O) groups is 2. The molecule has 0 spiro atoms. The molecule has 1 saturated heterocycles. The molecule has 6 nitrogen and oxygen atoms in total. The second-order valence-corrected chi connectivity index (χ2v) is 4.65. The monoisotopic (exact) mass is 296 g/mol. The summed E-state index contributed by atoms with van der Waals surface area (Å²) < 4.78 is 18.6. The minimum Gasteiger partial charge on any atom is -0.478 e. The van der Waals surface area contributed by atoms with Crippen LogP contribution in [0.25, 0.3) is 0 Å². The van der Waals surface area contributed by atoms with Crippen molar-refractivity contribution < 1.29 is 23.8 Å². The number of ether oxygens (including phenoxy) is 1. The van der Waals surface area contributed by atoms with Gasteiger partial charge in [0.1, 0.15) is 11.9 Å². The van der Waals surface area contributed by atoms with Gasteiger partial charge in [0.05, 0.1) is 24.5 Å². The van der Waals surface area contributed by atoms with E-state index in [0.717, 1.165) is 6.07 Å². The van der Waals surface area contributed by atoms with Crippen LogP contribution in [0.5, 0.6) is 0 Å². The summed E-state index contributed by atoms with van der Waals surface area (Å²) in [5.74, 6) is -2.09. The zero-order valence-electron chi connectivity index (χ0n) is 11.6. The molecule has 1 fully saturated rings. The molecular weight excluding hydrogens is 279 g/mol. The molecule has 21 heavy (non-hydrogen) atoms. The van der Waals surface area contributed by atoms with E-state index in [0.29, 0.717) is 25.4 Å². The van der Waals surface area contributed by atoms with Crippen LogP contribution < -0.4 is 10.2 Å². The number of morpholine rings is 1. The van der Waals surface area contributed by atoms with E-state index in [1.807, 2.05) is 0 Å². The van der Waals surface area contributed by atoms with Crippen molar-refractivity contribution in [3.05, 3.63) is 29.6 Å². The third-order valence-corrected chi connectivity index (χ3v) is 3.28. The molecule has 1 aliphatic rings. The largest absolute Gasteiger partial charge is 0.478 e. The summed E-state index contributed by atoms with van der Waals surface area (Å²) in [6.45, 7) is 3.19. The molecule has 0 aromatic heterocycles. The Morgan fingerprint density at radius 2 is 2.29 bits per heavy atom. The molecule has 0 aliphatic carbocycles. The maximum atomic E-state index is 13.3. The number of hydrogen-bond acceptors (Lipinski definition) is 4. The molecule has 2 N–H and O–H groups in total. The van der Waals surface area contributed by atoms with Crippen LogP contribution in [0, 0.1) is 5.82 Å². The third-order valence-electron chi connectivity index (χ3n) is 3.28. The van der Waals surface area contributed by atoms with Gasteiger partial charge in [-0.1, -0.05) is 0 Å². The van der Waals surface area contributed by atoms with Gasteiger partial charge in [0.15, 0.2) is 0 Å². The fraction of sp³-hybridized carbons (Fsp3) is 0.429. The first-order chi connectivity index (χ1) is 10.0. The third kappa shape index (κ3) is 3.30. The number of carbonyl (C=O) groups excluding carboxylic acids is 1. The molecule has 1 unspecified atom stereocenters. The van der Waals surface area contributed by atoms with E-state index in [9.17, 15) is 19.1 Å². The van der Waals surface area contributed by atoms with E-state index in [4.69, 9.17) is 4.74 Å². The summed E-state index contributed by atoms with van der Waals surface area (Å²) in [5.41, 5.74) is 0.162. The van der Waals surface area contributed by atoms with Crippen molar-refractivity contribution in [2.45, 2.75) is 13.0 Å². The Morgan fingerprint density at radius 3 is 2.95 bits per heavy atom. The molecule has 1 heterocycles. The van der Waals surface area contributed by atoms with Gasteiger partial charge in [-0.2, -0.15) is 0 Å². The van der Waals surface area contributed by atoms with E-state index < -0.39 is 17.8 Å². The maximum absolute atomic E-state index is 13.3. The first-order valence-corrected chi connectivity index (χ1v) is 6.69. The van der Waals surface area contributed by atoms with Gasteiger partial charge in [0.2, 0.25) is 5.91 Å². The number of anilines is 1. The number of carboxylic acid groups (broad SMARTS) is 1. The Morgan fingerprint density at radius 1 is 1.52 bits per heavy atom. The van der Waals surface area contributed by atoms with Crippen LogP contribution in [0.4, 0.5) is 10.1 Å². The number of aromatic carboxylic acids is 1. The van der Waals surface area contributed by atoms with Gasteiger partial charge in [-0.05, 0) is 25.1 Å². The van der Waals surface area contributed by atoms with E-state index in [-0.39, 0.29) is 18.1 Å². The van der Waals surface area contributed by atoms with Gasteiger partial charge in [0.25, 0.3) is 0 Å². The van der Waals surface area contributed by atoms with Crippen molar-refractivity contribution >= 4 is 17.6 Å². The lowest BCUT2D eigenvalue weighted by Gasteiger charge is -2.36. The number of hydrogen-bond donors (Lipinski definition) is 2. The molecule has 7 heteroatoms. The average Bonchev–Trinajstić information content (AvgIpc) is 2.47. The van der Waals surface area contributed by atoms with Crippen LogP contribution in [-0.2, 0) is 9.53 Å². The van der Waals surface area contributed by atoms with Crippen molar-refractivity contribution in [1.82, 2.24) is 5.32 Å². The quantitative estimate of drug-likeness (QED) is 0.862. The molecule has 0 saturated carbocycles. The van der Waals surface area contributed by atoms with Crippen molar-refractivity contribution in [3.63, 3.8) is 0 Å². The van der Waals surface area contributed by atoms with Gasteiger partial charge in [0, 0.05) is 13.1 Å². The lowest BCUT2D eigenvalue weighted by molar-refractivity contribution is -0.124. The summed E-state index contributed by atoms with van der Waals surface area (Å²) in [7, 11) is 0. The molecule has 1 amide bonds. The Hall–Kier alpha value is -2.15. The fourth-order valence-corrected chi connectivity index (χ4v) is 2.33. The molecular formula is C14H17FN2O4. The fourth-order valence-electron chi connectivity index (χ4n) is 2.33. The van der Waals surface area contributed by atoms with Crippen LogP contribution in [0.3, 0.4) is 0 Å². The first kappa shape index (κ1) is 15.2. The highest BCUT2D eigenvalue weighted by Crippen LogP contribution is 2.25. The Balaban J connectivity index is 2.37. The zero-order chi connectivity index (χ0) is 15.4. The van der Waals surface area contributed by atoms with Crippen LogP contribution in [0.15, 0.2) is 18.2 Å². The highest BCUT2D eigenvalue weighted by atomic mass is 19.1. The topological polar surface area (TPSA) is 78.9 Å². The standard InChI is InChI=1S/C14H17FN2O4/c1-2-16-13(18)12-8-21-6-5-17(12)11-4-3-9(15)7-10(11)14(19)20/h3-4,7,12H,2,5-6,8H2,1H3,(H,16,18)(H,19,20). The predicted octanol–water partition coefficient (Wildman–Crippen LogP) is 0.865. The maximum Gasteiger partial charge on any atom is 0.337 e. The minimum absolute atomic E-state index is 0.161. The van der Waals surface area contributed by atoms with E-state index >= 15 is 0 Å². The van der Waals surface area contributed by atoms with Crippen LogP contribution in [0.2, 0.25) is 0 Å². The Bertz CT molecular complexity index is 550. The summed E-state index contributed by atoms with van der Waals surface area (Å²) in [6, 6.07) is 2.91. The number of benzene rings is 1. The van der Waals surface area contributed by atoms with Crippen molar-refractivity contribution in [2.75, 3.05) is 31.2 Å². The van der Waals surface area contributed by atoms with E-state index in [2.05, 4.69) is 5.32 Å². The van der Waals surface area contributed by atoms with E-state index in [1.165, 1.54) is 12.1 Å². The Labute approximate surface area is 121 Å². The number of nitrogens with one attached hydrogen (secondary N) is 1. The van der Waals surface area contributed by atoms with Crippen molar-refractivity contribution in [1.29, 1.82) is 0 Å². The highest BCUT2D eigenvalue weighted by molar-refractivity contribution is 5.96. The van der Waals surface area contributed by atoms with Gasteiger partial charge >= 0.3 is 5.97 Å². The van der Waals surface area contributed by atoms with Gasteiger partial charge < -0.3 is 20.1 Å². The van der Waals surface area contributed by atoms with Crippen molar-refractivity contribution in [2.24, 2.45) is 0 Å². The summed E-state index contributed by atoms with van der Waals surface area (Å²) in [4.78, 5) is 25.0. The predicted molar refractivity (Wildman–Crippen MR) is 74.0 cm³/mol. The van der Waals surface area contributed by atoms with Crippen molar-refractivity contribution in [3.8, 4) is 0 Å². The summed E-state index contributed by atoms with van der Waals surface area (Å²) in [6.07, 6.45) is 0. The van der Waals surface area contributed by atoms with Gasteiger partial charge in [-0.3, -0.25) is 4.79 Å². The van der Waals surface area contributed by atoms with Gasteiger partial charge in [-0.15, -0.1) is 0 Å². The second-order valence-electron chi connectivity index (χ2n) is 4.65. The molecule has 2 rings (SSSR count). The van der Waals surface area contributed by atoms with Crippen LogP contribution in [0.1, 0.15) is 17.3 Å². The van der Waals surface area contributed by atoms with Crippen LogP contribution >= 0.6 is 0 Å². The molecule has 114 valence electrons. The molecule has 1 aromatic rings. The lowest BCUT2D eigenvalue weighted by Crippen LogP contribution is -2.54. The number of halogens is 1. The Kier molecular flexibility index (Phi) is 4.74. The number of amides is 1. The number of carboxylic acids is 1. The van der Waals surface area contributed by atoms with Crippen LogP contribution in [-0.4, -0.2) is 49.3 Å². The minimum atomic E-state index is -1.23. The SMILES string of the molecule is CCNC(=O)C1COCCN1c1ccc(F)cc1C(=O)O. The molecule has 1 aromatic carbocycles. The average molecular weight is 296 g/mol. The zero-order valence-corrected chi connectivity index (χ0v) is 11.6. The smallest absolute Gasteiger partial charge is 0.337 e. The summed E-state index contributed by atoms with van der Waals surface area (Å²) >= 11 is 0. The van der Waals surface area contributed by atoms with Gasteiger partial charge in [-0.25, -0.2) is 9.18 Å². The number of likely N-dealkylation sites (N-methyl/N-ethyl adjacent to an activating group) is 1. The lowest BCUT2D eigenvalue weighted by atomic mass is 10.1. The van der Waals surface area contributed by atoms with E-state index in [1.54, 1.807) is 11.8 Å². The molecule has 1 atom stereocenters. The second kappa shape index (κ2) is 6.53. The number of rotatable bonds is 4. The normalized spacial score (nSPS) is 18.4.